The molecule has 0 bridgehead atoms. The average Bonchev–Trinajstić information content (AvgIpc) is 3.56. The predicted octanol–water partition coefficient (Wildman–Crippen LogP) is 3.67. The third-order valence-corrected chi connectivity index (χ3v) is 5.32. The van der Waals surface area contributed by atoms with Gasteiger partial charge in [0.15, 0.2) is 0 Å². The van der Waals surface area contributed by atoms with Crippen molar-refractivity contribution in [3.8, 4) is 0 Å². The zero-order valence-corrected chi connectivity index (χ0v) is 14.5. The lowest BCUT2D eigenvalue weighted by atomic mass is 9.99. The van der Waals surface area contributed by atoms with Gasteiger partial charge in [0, 0.05) is 6.04 Å². The summed E-state index contributed by atoms with van der Waals surface area (Å²) in [5, 5.41) is 6.76. The molecule has 0 spiro atoms. The lowest BCUT2D eigenvalue weighted by Gasteiger charge is -2.22. The maximum Gasteiger partial charge on any atom is 0.234 e. The van der Waals surface area contributed by atoms with E-state index in [1.807, 2.05) is 36.4 Å². The normalized spacial score (nSPS) is 17.0. The van der Waals surface area contributed by atoms with E-state index in [0.29, 0.717) is 12.6 Å². The number of benzene rings is 2. The van der Waals surface area contributed by atoms with Crippen LogP contribution >= 0.6 is 0 Å². The molecule has 0 saturated heterocycles. The standard InChI is InChI=1S/C22H26N2O/c25-20(24-22(18-11-12-18)19-13-14-19)15-23-21(16-7-3-1-4-8-16)17-9-5-2-6-10-17/h1-10,18-19,21-23H,11-15H2,(H,24,25). The van der Waals surface area contributed by atoms with Crippen molar-refractivity contribution in [1.29, 1.82) is 0 Å². The highest BCUT2D eigenvalue weighted by Crippen LogP contribution is 2.44. The van der Waals surface area contributed by atoms with Gasteiger partial charge in [-0.05, 0) is 48.6 Å². The van der Waals surface area contributed by atoms with Crippen molar-refractivity contribution in [2.75, 3.05) is 6.54 Å². The molecule has 2 N–H and O–H groups in total. The van der Waals surface area contributed by atoms with Gasteiger partial charge in [-0.1, -0.05) is 60.7 Å². The van der Waals surface area contributed by atoms with Crippen LogP contribution in [0.15, 0.2) is 60.7 Å². The zero-order valence-electron chi connectivity index (χ0n) is 14.5. The van der Waals surface area contributed by atoms with E-state index in [2.05, 4.69) is 34.9 Å². The SMILES string of the molecule is O=C(CNC(c1ccccc1)c1ccccc1)NC(C1CC1)C1CC1. The van der Waals surface area contributed by atoms with Gasteiger partial charge in [0.05, 0.1) is 12.6 Å². The highest BCUT2D eigenvalue weighted by molar-refractivity contribution is 5.78. The van der Waals surface area contributed by atoms with Gasteiger partial charge >= 0.3 is 0 Å². The molecule has 2 aliphatic rings. The summed E-state index contributed by atoms with van der Waals surface area (Å²) < 4.78 is 0. The maximum atomic E-state index is 12.5. The van der Waals surface area contributed by atoms with Gasteiger partial charge in [0.2, 0.25) is 5.91 Å². The molecule has 2 saturated carbocycles. The fraction of sp³-hybridized carbons (Fsp3) is 0.409. The van der Waals surface area contributed by atoms with Crippen molar-refractivity contribution in [3.63, 3.8) is 0 Å². The molecule has 0 heterocycles. The molecule has 0 radical (unpaired) electrons. The van der Waals surface area contributed by atoms with Crippen LogP contribution in [-0.2, 0) is 4.79 Å². The largest absolute Gasteiger partial charge is 0.352 e. The maximum absolute atomic E-state index is 12.5. The molecule has 0 atom stereocenters. The fourth-order valence-corrected chi connectivity index (χ4v) is 3.68. The molecule has 25 heavy (non-hydrogen) atoms. The molecule has 3 nitrogen and oxygen atoms in total. The van der Waals surface area contributed by atoms with E-state index in [0.717, 1.165) is 11.8 Å². The van der Waals surface area contributed by atoms with Crippen LogP contribution < -0.4 is 10.6 Å². The number of hydrogen-bond donors (Lipinski definition) is 2. The molecular weight excluding hydrogens is 308 g/mol. The Bertz CT molecular complexity index is 641. The monoisotopic (exact) mass is 334 g/mol. The number of amides is 1. The van der Waals surface area contributed by atoms with Crippen LogP contribution in [0.3, 0.4) is 0 Å². The second-order valence-corrected chi connectivity index (χ2v) is 7.40. The molecule has 3 heteroatoms. The molecule has 0 aliphatic heterocycles. The lowest BCUT2D eigenvalue weighted by molar-refractivity contribution is -0.121. The minimum absolute atomic E-state index is 0.0356. The Balaban J connectivity index is 1.41. The third-order valence-electron chi connectivity index (χ3n) is 5.32. The van der Waals surface area contributed by atoms with E-state index < -0.39 is 0 Å². The van der Waals surface area contributed by atoms with Crippen LogP contribution in [0.25, 0.3) is 0 Å². The second-order valence-electron chi connectivity index (χ2n) is 7.40. The smallest absolute Gasteiger partial charge is 0.234 e. The summed E-state index contributed by atoms with van der Waals surface area (Å²) in [5.74, 6) is 1.59. The van der Waals surface area contributed by atoms with Crippen LogP contribution in [0.4, 0.5) is 0 Å². The average molecular weight is 334 g/mol. The Kier molecular flexibility index (Phi) is 4.84. The second kappa shape index (κ2) is 7.40. The summed E-state index contributed by atoms with van der Waals surface area (Å²) in [7, 11) is 0. The van der Waals surface area contributed by atoms with Gasteiger partial charge in [-0.3, -0.25) is 10.1 Å². The van der Waals surface area contributed by atoms with Crippen molar-refractivity contribution in [3.05, 3.63) is 71.8 Å². The molecule has 2 aromatic rings. The van der Waals surface area contributed by atoms with Crippen molar-refractivity contribution in [1.82, 2.24) is 10.6 Å². The molecule has 130 valence electrons. The first-order chi connectivity index (χ1) is 12.3. The Labute approximate surface area is 149 Å². The van der Waals surface area contributed by atoms with Gasteiger partial charge < -0.3 is 5.32 Å². The predicted molar refractivity (Wildman–Crippen MR) is 100 cm³/mol. The summed E-state index contributed by atoms with van der Waals surface area (Å²) in [4.78, 5) is 12.5. The van der Waals surface area contributed by atoms with Gasteiger partial charge in [-0.15, -0.1) is 0 Å². The van der Waals surface area contributed by atoms with Crippen LogP contribution in [0, 0.1) is 11.8 Å². The fourth-order valence-electron chi connectivity index (χ4n) is 3.68. The zero-order chi connectivity index (χ0) is 17.1. The number of rotatable bonds is 8. The number of carbonyl (C=O) groups is 1. The van der Waals surface area contributed by atoms with Gasteiger partial charge in [0.25, 0.3) is 0 Å². The van der Waals surface area contributed by atoms with Crippen molar-refractivity contribution >= 4 is 5.91 Å². The summed E-state index contributed by atoms with van der Waals surface area (Å²) in [6, 6.07) is 21.1. The van der Waals surface area contributed by atoms with E-state index in [9.17, 15) is 4.79 Å². The highest BCUT2D eigenvalue weighted by Gasteiger charge is 2.42. The molecule has 2 aromatic carbocycles. The first-order valence-corrected chi connectivity index (χ1v) is 9.44. The van der Waals surface area contributed by atoms with Crippen molar-refractivity contribution in [2.24, 2.45) is 11.8 Å². The van der Waals surface area contributed by atoms with Crippen LogP contribution in [0.5, 0.6) is 0 Å². The van der Waals surface area contributed by atoms with E-state index in [4.69, 9.17) is 0 Å². The molecule has 0 unspecified atom stereocenters. The van der Waals surface area contributed by atoms with E-state index in [-0.39, 0.29) is 11.9 Å². The summed E-state index contributed by atoms with van der Waals surface area (Å²) >= 11 is 0. The van der Waals surface area contributed by atoms with E-state index in [1.165, 1.54) is 36.8 Å². The van der Waals surface area contributed by atoms with Crippen molar-refractivity contribution in [2.45, 2.75) is 37.8 Å². The van der Waals surface area contributed by atoms with Gasteiger partial charge in [-0.25, -0.2) is 0 Å². The first-order valence-electron chi connectivity index (χ1n) is 9.44. The Morgan fingerprint density at radius 2 is 1.32 bits per heavy atom. The number of hydrogen-bond acceptors (Lipinski definition) is 2. The van der Waals surface area contributed by atoms with Crippen LogP contribution in [0.2, 0.25) is 0 Å². The first kappa shape index (κ1) is 16.3. The molecule has 1 amide bonds. The minimum atomic E-state index is 0.0356. The Morgan fingerprint density at radius 1 is 0.840 bits per heavy atom. The van der Waals surface area contributed by atoms with Crippen LogP contribution in [0.1, 0.15) is 42.9 Å². The molecule has 0 aromatic heterocycles. The molecular formula is C22H26N2O. The van der Waals surface area contributed by atoms with Crippen molar-refractivity contribution < 1.29 is 4.79 Å². The van der Waals surface area contributed by atoms with Gasteiger partial charge in [0.1, 0.15) is 0 Å². The number of nitrogens with one attached hydrogen (secondary N) is 2. The minimum Gasteiger partial charge on any atom is -0.352 e. The summed E-state index contributed by atoms with van der Waals surface area (Å²) in [6.45, 7) is 0.352. The Morgan fingerprint density at radius 3 is 1.76 bits per heavy atom. The van der Waals surface area contributed by atoms with Crippen LogP contribution in [-0.4, -0.2) is 18.5 Å². The highest BCUT2D eigenvalue weighted by atomic mass is 16.2. The summed E-state index contributed by atoms with van der Waals surface area (Å²) in [5.41, 5.74) is 2.37. The third kappa shape index (κ3) is 4.29. The Hall–Kier alpha value is -2.13. The van der Waals surface area contributed by atoms with Gasteiger partial charge in [-0.2, -0.15) is 0 Å². The lowest BCUT2D eigenvalue weighted by Crippen LogP contribution is -2.43. The topological polar surface area (TPSA) is 41.1 Å². The summed E-state index contributed by atoms with van der Waals surface area (Å²) in [6.07, 6.45) is 5.13. The quantitative estimate of drug-likeness (QED) is 0.773. The van der Waals surface area contributed by atoms with E-state index in [1.54, 1.807) is 0 Å². The number of carbonyl (C=O) groups excluding carboxylic acids is 1. The molecule has 4 rings (SSSR count). The molecule has 2 fully saturated rings. The molecule has 2 aliphatic carbocycles. The van der Waals surface area contributed by atoms with E-state index >= 15 is 0 Å².